The van der Waals surface area contributed by atoms with E-state index >= 15 is 0 Å². The Morgan fingerprint density at radius 2 is 1.68 bits per heavy atom. The minimum absolute atomic E-state index is 0.119. The van der Waals surface area contributed by atoms with Crippen LogP contribution in [0.1, 0.15) is 45.6 Å². The molecule has 0 N–H and O–H groups in total. The van der Waals surface area contributed by atoms with E-state index in [1.807, 2.05) is 39.8 Å². The van der Waals surface area contributed by atoms with Gasteiger partial charge >= 0.3 is 7.12 Å². The van der Waals surface area contributed by atoms with Crippen molar-refractivity contribution in [2.45, 2.75) is 57.1 Å². The molecule has 2 aliphatic rings. The third-order valence-corrected chi connectivity index (χ3v) is 4.77. The van der Waals surface area contributed by atoms with Crippen LogP contribution in [-0.2, 0) is 9.31 Å². The van der Waals surface area contributed by atoms with Gasteiger partial charge in [0, 0.05) is 5.82 Å². The van der Waals surface area contributed by atoms with E-state index in [4.69, 9.17) is 9.31 Å². The van der Waals surface area contributed by atoms with Crippen molar-refractivity contribution in [3.63, 3.8) is 0 Å². The maximum Gasteiger partial charge on any atom is 0.461 e. The number of hydrogen-bond donors (Lipinski definition) is 0. The molecule has 0 aromatic heterocycles. The SMILES string of the molecule is CC1(C)OB([C@H]2C[C@@H]2c2ccccc2F)OC1(C)C. The van der Waals surface area contributed by atoms with Gasteiger partial charge in [-0.2, -0.15) is 0 Å². The maximum absolute atomic E-state index is 13.8. The Morgan fingerprint density at radius 3 is 2.26 bits per heavy atom. The zero-order valence-electron chi connectivity index (χ0n) is 11.9. The summed E-state index contributed by atoms with van der Waals surface area (Å²) in [6, 6.07) is 7.00. The molecular weight excluding hydrogens is 242 g/mol. The van der Waals surface area contributed by atoms with Crippen molar-refractivity contribution < 1.29 is 13.7 Å². The topological polar surface area (TPSA) is 18.5 Å². The van der Waals surface area contributed by atoms with Crippen LogP contribution in [-0.4, -0.2) is 18.3 Å². The molecule has 102 valence electrons. The van der Waals surface area contributed by atoms with Crippen LogP contribution in [0.15, 0.2) is 24.3 Å². The van der Waals surface area contributed by atoms with Crippen LogP contribution in [0.4, 0.5) is 4.39 Å². The molecule has 1 aliphatic carbocycles. The first-order valence-corrected chi connectivity index (χ1v) is 6.92. The molecule has 2 nitrogen and oxygen atoms in total. The first-order chi connectivity index (χ1) is 8.82. The Bertz CT molecular complexity index is 485. The van der Waals surface area contributed by atoms with E-state index in [0.29, 0.717) is 0 Å². The minimum Gasteiger partial charge on any atom is -0.403 e. The lowest BCUT2D eigenvalue weighted by atomic mass is 9.79. The van der Waals surface area contributed by atoms with Gasteiger partial charge in [0.2, 0.25) is 0 Å². The number of hydrogen-bond acceptors (Lipinski definition) is 2. The summed E-state index contributed by atoms with van der Waals surface area (Å²) in [6.45, 7) is 8.20. The third kappa shape index (κ3) is 2.11. The highest BCUT2D eigenvalue weighted by Crippen LogP contribution is 2.58. The molecule has 4 heteroatoms. The Morgan fingerprint density at radius 1 is 1.11 bits per heavy atom. The Kier molecular flexibility index (Phi) is 2.81. The Labute approximate surface area is 114 Å². The monoisotopic (exact) mass is 262 g/mol. The van der Waals surface area contributed by atoms with E-state index in [1.165, 1.54) is 6.07 Å². The molecule has 2 fully saturated rings. The average Bonchev–Trinajstić information content (AvgIpc) is 3.03. The summed E-state index contributed by atoms with van der Waals surface area (Å²) < 4.78 is 25.8. The second-order valence-electron chi connectivity index (χ2n) is 6.65. The Balaban J connectivity index is 1.74. The van der Waals surface area contributed by atoms with E-state index < -0.39 is 0 Å². The smallest absolute Gasteiger partial charge is 0.403 e. The van der Waals surface area contributed by atoms with Gasteiger partial charge in [-0.15, -0.1) is 0 Å². The molecule has 0 unspecified atom stereocenters. The quantitative estimate of drug-likeness (QED) is 0.755. The maximum atomic E-state index is 13.8. The fraction of sp³-hybridized carbons (Fsp3) is 0.600. The van der Waals surface area contributed by atoms with Crippen molar-refractivity contribution in [1.29, 1.82) is 0 Å². The summed E-state index contributed by atoms with van der Waals surface area (Å²) in [5, 5.41) is 0. The molecule has 0 spiro atoms. The predicted octanol–water partition coefficient (Wildman–Crippen LogP) is 3.78. The van der Waals surface area contributed by atoms with Gasteiger partial charge in [-0.3, -0.25) is 0 Å². The molecule has 0 radical (unpaired) electrons. The molecule has 1 aliphatic heterocycles. The van der Waals surface area contributed by atoms with E-state index in [9.17, 15) is 4.39 Å². The van der Waals surface area contributed by atoms with Crippen LogP contribution in [0.5, 0.6) is 0 Å². The number of benzene rings is 1. The molecule has 0 amide bonds. The number of rotatable bonds is 2. The molecule has 1 aromatic carbocycles. The molecule has 2 atom stereocenters. The normalized spacial score (nSPS) is 31.5. The van der Waals surface area contributed by atoms with E-state index in [0.717, 1.165) is 12.0 Å². The first-order valence-electron chi connectivity index (χ1n) is 6.92. The van der Waals surface area contributed by atoms with Gasteiger partial charge in [0.05, 0.1) is 11.2 Å². The van der Waals surface area contributed by atoms with Crippen LogP contribution in [0.2, 0.25) is 5.82 Å². The zero-order chi connectivity index (χ0) is 13.8. The van der Waals surface area contributed by atoms with E-state index in [-0.39, 0.29) is 35.9 Å². The van der Waals surface area contributed by atoms with Gasteiger partial charge in [-0.1, -0.05) is 18.2 Å². The standard InChI is InChI=1S/C15H20BFO2/c1-14(2)15(3,4)19-16(18-14)12-9-11(12)10-7-5-6-8-13(10)17/h5-8,11-12H,9H2,1-4H3/t11-,12+/m1/s1. The van der Waals surface area contributed by atoms with Crippen LogP contribution >= 0.6 is 0 Å². The second kappa shape index (κ2) is 4.06. The first kappa shape index (κ1) is 13.1. The van der Waals surface area contributed by atoms with Crippen molar-refractivity contribution in [3.05, 3.63) is 35.6 Å². The molecule has 1 saturated heterocycles. The van der Waals surface area contributed by atoms with Crippen LogP contribution in [0.25, 0.3) is 0 Å². The summed E-state index contributed by atoms with van der Waals surface area (Å²) in [4.78, 5) is 0. The van der Waals surface area contributed by atoms with Gasteiger partial charge in [-0.25, -0.2) is 4.39 Å². The summed E-state index contributed by atoms with van der Waals surface area (Å²) in [5.74, 6) is 0.389. The van der Waals surface area contributed by atoms with Gasteiger partial charge in [0.15, 0.2) is 0 Å². The lowest BCUT2D eigenvalue weighted by Crippen LogP contribution is -2.41. The fourth-order valence-electron chi connectivity index (χ4n) is 2.71. The van der Waals surface area contributed by atoms with Gasteiger partial charge in [-0.05, 0) is 51.7 Å². The van der Waals surface area contributed by atoms with Crippen molar-refractivity contribution in [3.8, 4) is 0 Å². The number of halogens is 1. The summed E-state index contributed by atoms with van der Waals surface area (Å²) in [7, 11) is -0.213. The van der Waals surface area contributed by atoms with Gasteiger partial charge < -0.3 is 9.31 Å². The lowest BCUT2D eigenvalue weighted by molar-refractivity contribution is 0.00578. The molecular formula is C15H20BFO2. The largest absolute Gasteiger partial charge is 0.461 e. The van der Waals surface area contributed by atoms with Crippen molar-refractivity contribution >= 4 is 7.12 Å². The molecule has 19 heavy (non-hydrogen) atoms. The molecule has 1 aromatic rings. The lowest BCUT2D eigenvalue weighted by Gasteiger charge is -2.32. The van der Waals surface area contributed by atoms with Crippen molar-refractivity contribution in [2.75, 3.05) is 0 Å². The van der Waals surface area contributed by atoms with Crippen molar-refractivity contribution in [2.24, 2.45) is 0 Å². The summed E-state index contributed by atoms with van der Waals surface area (Å²) in [6.07, 6.45) is 0.942. The van der Waals surface area contributed by atoms with Crippen LogP contribution in [0, 0.1) is 5.82 Å². The molecule has 3 rings (SSSR count). The molecule has 0 bridgehead atoms. The van der Waals surface area contributed by atoms with Crippen LogP contribution < -0.4 is 0 Å². The average molecular weight is 262 g/mol. The molecule has 1 saturated carbocycles. The van der Waals surface area contributed by atoms with Crippen molar-refractivity contribution in [1.82, 2.24) is 0 Å². The zero-order valence-corrected chi connectivity index (χ0v) is 11.9. The van der Waals surface area contributed by atoms with E-state index in [1.54, 1.807) is 6.07 Å². The fourth-order valence-corrected chi connectivity index (χ4v) is 2.71. The summed E-state index contributed by atoms with van der Waals surface area (Å²) in [5.41, 5.74) is 0.183. The third-order valence-electron chi connectivity index (χ3n) is 4.77. The second-order valence-corrected chi connectivity index (χ2v) is 6.65. The highest BCUT2D eigenvalue weighted by molar-refractivity contribution is 6.49. The Hall–Kier alpha value is -0.865. The molecule has 1 heterocycles. The predicted molar refractivity (Wildman–Crippen MR) is 73.6 cm³/mol. The van der Waals surface area contributed by atoms with Gasteiger partial charge in [0.25, 0.3) is 0 Å². The highest BCUT2D eigenvalue weighted by Gasteiger charge is 2.60. The minimum atomic E-state index is -0.306. The van der Waals surface area contributed by atoms with E-state index in [2.05, 4.69) is 0 Å². The highest BCUT2D eigenvalue weighted by atomic mass is 19.1. The van der Waals surface area contributed by atoms with Crippen LogP contribution in [0.3, 0.4) is 0 Å². The van der Waals surface area contributed by atoms with Gasteiger partial charge in [0.1, 0.15) is 5.82 Å². The summed E-state index contributed by atoms with van der Waals surface area (Å²) >= 11 is 0.